The first-order chi connectivity index (χ1) is 13.6. The van der Waals surface area contributed by atoms with Gasteiger partial charge in [0.15, 0.2) is 0 Å². The van der Waals surface area contributed by atoms with Crippen LogP contribution in [0.25, 0.3) is 0 Å². The molecule has 2 aromatic rings. The maximum Gasteiger partial charge on any atom is 0.417 e. The van der Waals surface area contributed by atoms with Crippen LogP contribution < -0.4 is 4.90 Å². The Kier molecular flexibility index (Phi) is 5.99. The van der Waals surface area contributed by atoms with Gasteiger partial charge in [-0.1, -0.05) is 11.6 Å². The van der Waals surface area contributed by atoms with Gasteiger partial charge in [0.05, 0.1) is 20.0 Å². The predicted octanol–water partition coefficient (Wildman–Crippen LogP) is 4.39. The molecule has 0 bridgehead atoms. The van der Waals surface area contributed by atoms with Crippen molar-refractivity contribution in [1.82, 2.24) is 9.88 Å². The van der Waals surface area contributed by atoms with Gasteiger partial charge in [0.1, 0.15) is 5.82 Å². The van der Waals surface area contributed by atoms with Gasteiger partial charge < -0.3 is 9.80 Å². The molecule has 0 spiro atoms. The standard InChI is InChI=1S/C17H13BrClF3N4O3/c18-12-2-1-10(7-14(12)26(28)29)16(27)25-5-3-24(4-6-25)15-13(19)8-11(9-23-15)17(20,21)22/h1-2,7-9H,3-6H2. The number of rotatable bonds is 3. The summed E-state index contributed by atoms with van der Waals surface area (Å²) in [6, 6.07) is 4.95. The predicted molar refractivity (Wildman–Crippen MR) is 103 cm³/mol. The maximum absolute atomic E-state index is 12.7. The maximum atomic E-state index is 12.7. The minimum atomic E-state index is -4.53. The largest absolute Gasteiger partial charge is 0.417 e. The highest BCUT2D eigenvalue weighted by Crippen LogP contribution is 2.34. The molecule has 0 unspecified atom stereocenters. The number of nitro benzene ring substituents is 1. The average Bonchev–Trinajstić information content (AvgIpc) is 2.67. The lowest BCUT2D eigenvalue weighted by Gasteiger charge is -2.35. The van der Waals surface area contributed by atoms with Crippen LogP contribution >= 0.6 is 27.5 Å². The summed E-state index contributed by atoms with van der Waals surface area (Å²) in [7, 11) is 0. The molecular formula is C17H13BrClF3N4O3. The zero-order valence-corrected chi connectivity index (χ0v) is 17.0. The molecule has 0 saturated carbocycles. The number of alkyl halides is 3. The van der Waals surface area contributed by atoms with E-state index in [1.54, 1.807) is 4.90 Å². The summed E-state index contributed by atoms with van der Waals surface area (Å²) in [5.41, 5.74) is -0.967. The number of carbonyl (C=O) groups excluding carboxylic acids is 1. The minimum Gasteiger partial charge on any atom is -0.352 e. The summed E-state index contributed by atoms with van der Waals surface area (Å²) in [4.78, 5) is 30.1. The number of amides is 1. The van der Waals surface area contributed by atoms with E-state index >= 15 is 0 Å². The number of pyridine rings is 1. The van der Waals surface area contributed by atoms with Crippen molar-refractivity contribution in [2.24, 2.45) is 0 Å². The van der Waals surface area contributed by atoms with Gasteiger partial charge in [-0.3, -0.25) is 14.9 Å². The van der Waals surface area contributed by atoms with Crippen molar-refractivity contribution < 1.29 is 22.9 Å². The number of aromatic nitrogens is 1. The number of nitrogens with zero attached hydrogens (tertiary/aromatic N) is 4. The molecule has 1 aromatic heterocycles. The van der Waals surface area contributed by atoms with Crippen molar-refractivity contribution in [3.8, 4) is 0 Å². The number of halogens is 5. The minimum absolute atomic E-state index is 0.122. The van der Waals surface area contributed by atoms with Crippen LogP contribution in [0.1, 0.15) is 15.9 Å². The fourth-order valence-electron chi connectivity index (χ4n) is 2.91. The van der Waals surface area contributed by atoms with Crippen LogP contribution in [-0.4, -0.2) is 46.9 Å². The smallest absolute Gasteiger partial charge is 0.352 e. The molecule has 1 aliphatic heterocycles. The number of anilines is 1. The second-order valence-corrected chi connectivity index (χ2v) is 7.49. The van der Waals surface area contributed by atoms with Gasteiger partial charge in [-0.2, -0.15) is 13.2 Å². The number of nitro groups is 1. The molecule has 1 aliphatic rings. The molecule has 7 nitrogen and oxygen atoms in total. The Morgan fingerprint density at radius 1 is 1.21 bits per heavy atom. The van der Waals surface area contributed by atoms with E-state index in [0.717, 1.165) is 12.3 Å². The molecule has 1 saturated heterocycles. The molecule has 2 heterocycles. The number of hydrogen-bond acceptors (Lipinski definition) is 5. The van der Waals surface area contributed by atoms with Gasteiger partial charge in [-0.15, -0.1) is 0 Å². The first kappa shape index (κ1) is 21.3. The lowest BCUT2D eigenvalue weighted by molar-refractivity contribution is -0.385. The van der Waals surface area contributed by atoms with E-state index < -0.39 is 16.7 Å². The summed E-state index contributed by atoms with van der Waals surface area (Å²) >= 11 is 9.04. The Bertz CT molecular complexity index is 965. The summed E-state index contributed by atoms with van der Waals surface area (Å²) in [6.07, 6.45) is -3.81. The SMILES string of the molecule is O=C(c1ccc(Br)c([N+](=O)[O-])c1)N1CCN(c2ncc(C(F)(F)F)cc2Cl)CC1. The third kappa shape index (κ3) is 4.61. The van der Waals surface area contributed by atoms with Crippen LogP contribution in [0.15, 0.2) is 34.9 Å². The molecule has 12 heteroatoms. The third-order valence-electron chi connectivity index (χ3n) is 4.41. The van der Waals surface area contributed by atoms with Crippen molar-refractivity contribution >= 4 is 44.9 Å². The average molecular weight is 494 g/mol. The first-order valence-corrected chi connectivity index (χ1v) is 9.46. The number of hydrogen-bond donors (Lipinski definition) is 0. The molecule has 154 valence electrons. The highest BCUT2D eigenvalue weighted by molar-refractivity contribution is 9.10. The Morgan fingerprint density at radius 3 is 2.41 bits per heavy atom. The van der Waals surface area contributed by atoms with Crippen molar-refractivity contribution in [2.45, 2.75) is 6.18 Å². The molecule has 1 amide bonds. The third-order valence-corrected chi connectivity index (χ3v) is 5.35. The lowest BCUT2D eigenvalue weighted by Crippen LogP contribution is -2.49. The van der Waals surface area contributed by atoms with Crippen LogP contribution in [-0.2, 0) is 6.18 Å². The van der Waals surface area contributed by atoms with Crippen molar-refractivity contribution in [1.29, 1.82) is 0 Å². The molecule has 0 radical (unpaired) electrons. The van der Waals surface area contributed by atoms with Gasteiger partial charge >= 0.3 is 6.18 Å². The topological polar surface area (TPSA) is 79.6 Å². The van der Waals surface area contributed by atoms with Crippen molar-refractivity contribution in [3.63, 3.8) is 0 Å². The highest BCUT2D eigenvalue weighted by Gasteiger charge is 2.32. The Balaban J connectivity index is 1.70. The van der Waals surface area contributed by atoms with Gasteiger partial charge in [-0.25, -0.2) is 4.98 Å². The van der Waals surface area contributed by atoms with Gasteiger partial charge in [0.2, 0.25) is 0 Å². The molecule has 0 N–H and O–H groups in total. The molecule has 29 heavy (non-hydrogen) atoms. The Morgan fingerprint density at radius 2 is 1.86 bits per heavy atom. The fraction of sp³-hybridized carbons (Fsp3) is 0.294. The highest BCUT2D eigenvalue weighted by atomic mass is 79.9. The van der Waals surface area contributed by atoms with E-state index in [2.05, 4.69) is 20.9 Å². The molecule has 0 aliphatic carbocycles. The fourth-order valence-corrected chi connectivity index (χ4v) is 3.59. The van der Waals surface area contributed by atoms with E-state index in [4.69, 9.17) is 11.6 Å². The lowest BCUT2D eigenvalue weighted by atomic mass is 10.1. The van der Waals surface area contributed by atoms with Crippen LogP contribution in [0.2, 0.25) is 5.02 Å². The summed E-state index contributed by atoms with van der Waals surface area (Å²) in [5.74, 6) is -0.155. The molecular weight excluding hydrogens is 481 g/mol. The van der Waals surface area contributed by atoms with E-state index in [1.807, 2.05) is 0 Å². The van der Waals surface area contributed by atoms with Gasteiger partial charge in [0.25, 0.3) is 11.6 Å². The summed E-state index contributed by atoms with van der Waals surface area (Å²) in [5, 5.41) is 10.9. The van der Waals surface area contributed by atoms with Crippen LogP contribution in [0.4, 0.5) is 24.7 Å². The second-order valence-electron chi connectivity index (χ2n) is 6.23. The summed E-state index contributed by atoms with van der Waals surface area (Å²) in [6.45, 7) is 1.15. The zero-order chi connectivity index (χ0) is 21.3. The quantitative estimate of drug-likeness (QED) is 0.468. The Hall–Kier alpha value is -2.40. The summed E-state index contributed by atoms with van der Waals surface area (Å²) < 4.78 is 38.5. The zero-order valence-electron chi connectivity index (χ0n) is 14.6. The van der Waals surface area contributed by atoms with Crippen LogP contribution in [0.5, 0.6) is 0 Å². The second kappa shape index (κ2) is 8.15. The van der Waals surface area contributed by atoms with Crippen molar-refractivity contribution in [2.75, 3.05) is 31.1 Å². The monoisotopic (exact) mass is 492 g/mol. The van der Waals surface area contributed by atoms with E-state index in [9.17, 15) is 28.1 Å². The number of piperazine rings is 1. The molecule has 0 atom stereocenters. The molecule has 3 rings (SSSR count). The van der Waals surface area contributed by atoms with Gasteiger partial charge in [0, 0.05) is 44.0 Å². The van der Waals surface area contributed by atoms with E-state index in [1.165, 1.54) is 23.1 Å². The number of carbonyl (C=O) groups is 1. The number of benzene rings is 1. The molecule has 1 fully saturated rings. The van der Waals surface area contributed by atoms with Gasteiger partial charge in [-0.05, 0) is 34.1 Å². The van der Waals surface area contributed by atoms with Crippen molar-refractivity contribution in [3.05, 3.63) is 61.2 Å². The van der Waals surface area contributed by atoms with Crippen LogP contribution in [0, 0.1) is 10.1 Å². The Labute approximate surface area is 176 Å². The van der Waals surface area contributed by atoms with E-state index in [0.29, 0.717) is 13.1 Å². The first-order valence-electron chi connectivity index (χ1n) is 8.29. The van der Waals surface area contributed by atoms with E-state index in [-0.39, 0.29) is 45.6 Å². The van der Waals surface area contributed by atoms with Crippen LogP contribution in [0.3, 0.4) is 0 Å². The molecule has 1 aromatic carbocycles. The normalized spacial score (nSPS) is 14.8.